The second-order valence-corrected chi connectivity index (χ2v) is 4.47. The van der Waals surface area contributed by atoms with Crippen LogP contribution in [0.1, 0.15) is 29.8 Å². The number of rotatable bonds is 2. The molecule has 0 spiro atoms. The summed E-state index contributed by atoms with van der Waals surface area (Å²) in [6.45, 7) is 0.916. The van der Waals surface area contributed by atoms with E-state index in [9.17, 15) is 4.79 Å². The van der Waals surface area contributed by atoms with Crippen LogP contribution in [0.4, 0.5) is 0 Å². The molecule has 0 aromatic carbocycles. The number of carbonyl (C=O) groups is 1. The first-order valence-corrected chi connectivity index (χ1v) is 5.82. The Morgan fingerprint density at radius 2 is 2.40 bits per heavy atom. The van der Waals surface area contributed by atoms with Crippen molar-refractivity contribution in [1.29, 1.82) is 0 Å². The lowest BCUT2D eigenvalue weighted by Gasteiger charge is -2.21. The van der Waals surface area contributed by atoms with E-state index in [4.69, 9.17) is 0 Å². The van der Waals surface area contributed by atoms with Crippen molar-refractivity contribution in [3.05, 3.63) is 10.3 Å². The van der Waals surface area contributed by atoms with Crippen LogP contribution in [-0.2, 0) is 7.05 Å². The lowest BCUT2D eigenvalue weighted by molar-refractivity contribution is 0.0917. The molecule has 1 aromatic rings. The van der Waals surface area contributed by atoms with Crippen molar-refractivity contribution in [2.24, 2.45) is 7.05 Å². The van der Waals surface area contributed by atoms with Gasteiger partial charge in [0, 0.05) is 7.05 Å². The Balaban J connectivity index is 2.19. The molecule has 2 rings (SSSR count). The Kier molecular flexibility index (Phi) is 3.16. The van der Waals surface area contributed by atoms with Gasteiger partial charge in [0.1, 0.15) is 5.69 Å². The van der Waals surface area contributed by atoms with E-state index in [0.29, 0.717) is 10.3 Å². The average Bonchev–Trinajstić information content (AvgIpc) is 2.59. The minimum atomic E-state index is -0.0766. The third-order valence-electron chi connectivity index (χ3n) is 2.65. The molecule has 1 aliphatic heterocycles. The molecule has 1 fully saturated rings. The Bertz CT molecular complexity index is 351. The van der Waals surface area contributed by atoms with Crippen molar-refractivity contribution in [1.82, 2.24) is 20.3 Å². The number of aromatic nitrogens is 3. The second kappa shape index (κ2) is 4.40. The Labute approximate surface area is 96.4 Å². The van der Waals surface area contributed by atoms with E-state index in [1.165, 1.54) is 4.68 Å². The summed E-state index contributed by atoms with van der Waals surface area (Å²) in [6, 6.07) is -0.0766. The Morgan fingerprint density at radius 3 is 2.93 bits per heavy atom. The topological polar surface area (TPSA) is 59.8 Å². The van der Waals surface area contributed by atoms with Crippen LogP contribution in [0.15, 0.2) is 4.60 Å². The number of Topliss-reactive ketones (excluding diaryl/α,β-unsaturated/α-hetero) is 1. The lowest BCUT2D eigenvalue weighted by atomic mass is 10.00. The van der Waals surface area contributed by atoms with Gasteiger partial charge >= 0.3 is 0 Å². The summed E-state index contributed by atoms with van der Waals surface area (Å²) in [5.74, 6) is 0.0778. The Morgan fingerprint density at radius 1 is 1.60 bits per heavy atom. The number of hydrogen-bond acceptors (Lipinski definition) is 4. The molecule has 0 bridgehead atoms. The predicted molar refractivity (Wildman–Crippen MR) is 58.7 cm³/mol. The van der Waals surface area contributed by atoms with Gasteiger partial charge in [-0.25, -0.2) is 4.68 Å². The highest BCUT2D eigenvalue weighted by Gasteiger charge is 2.26. The number of nitrogens with zero attached hydrogens (tertiary/aromatic N) is 3. The van der Waals surface area contributed by atoms with Crippen LogP contribution in [0.5, 0.6) is 0 Å². The van der Waals surface area contributed by atoms with Crippen molar-refractivity contribution in [2.75, 3.05) is 6.54 Å². The van der Waals surface area contributed by atoms with Gasteiger partial charge in [0.2, 0.25) is 5.78 Å². The second-order valence-electron chi connectivity index (χ2n) is 3.72. The van der Waals surface area contributed by atoms with Crippen LogP contribution in [0.2, 0.25) is 0 Å². The smallest absolute Gasteiger partial charge is 0.200 e. The van der Waals surface area contributed by atoms with E-state index in [1.54, 1.807) is 7.05 Å². The molecule has 2 heterocycles. The quantitative estimate of drug-likeness (QED) is 0.813. The molecule has 1 N–H and O–H groups in total. The molecular formula is C9H13BrN4O. The summed E-state index contributed by atoms with van der Waals surface area (Å²) in [4.78, 5) is 12.1. The summed E-state index contributed by atoms with van der Waals surface area (Å²) < 4.78 is 2.05. The van der Waals surface area contributed by atoms with Gasteiger partial charge < -0.3 is 5.32 Å². The number of ketones is 1. The zero-order chi connectivity index (χ0) is 10.8. The minimum Gasteiger partial charge on any atom is -0.307 e. The first kappa shape index (κ1) is 10.8. The molecule has 1 saturated heterocycles. The zero-order valence-electron chi connectivity index (χ0n) is 8.53. The molecule has 0 saturated carbocycles. The van der Waals surface area contributed by atoms with Gasteiger partial charge in [-0.15, -0.1) is 5.10 Å². The minimum absolute atomic E-state index is 0.0766. The van der Waals surface area contributed by atoms with Crippen molar-refractivity contribution < 1.29 is 4.79 Å². The third-order valence-corrected chi connectivity index (χ3v) is 3.18. The maximum Gasteiger partial charge on any atom is 0.200 e. The van der Waals surface area contributed by atoms with E-state index in [2.05, 4.69) is 31.6 Å². The van der Waals surface area contributed by atoms with Gasteiger partial charge in [0.25, 0.3) is 0 Å². The van der Waals surface area contributed by atoms with Crippen LogP contribution in [0, 0.1) is 0 Å². The number of piperidine rings is 1. The first-order chi connectivity index (χ1) is 7.20. The fraction of sp³-hybridized carbons (Fsp3) is 0.667. The van der Waals surface area contributed by atoms with Crippen LogP contribution < -0.4 is 5.32 Å². The van der Waals surface area contributed by atoms with Crippen molar-refractivity contribution >= 4 is 21.7 Å². The van der Waals surface area contributed by atoms with E-state index >= 15 is 0 Å². The maximum atomic E-state index is 12.1. The molecule has 15 heavy (non-hydrogen) atoms. The van der Waals surface area contributed by atoms with Gasteiger partial charge in [0.05, 0.1) is 6.04 Å². The fourth-order valence-electron chi connectivity index (χ4n) is 1.83. The summed E-state index contributed by atoms with van der Waals surface area (Å²) in [6.07, 6.45) is 3.15. The molecule has 0 aliphatic carbocycles. The monoisotopic (exact) mass is 272 g/mol. The standard InChI is InChI=1S/C9H13BrN4O/c1-14-7(9(10)12-13-14)8(15)6-4-2-3-5-11-6/h6,11H,2-5H2,1H3. The lowest BCUT2D eigenvalue weighted by Crippen LogP contribution is -2.41. The molecule has 0 amide bonds. The Hall–Kier alpha value is -0.750. The van der Waals surface area contributed by atoms with E-state index in [1.807, 2.05) is 0 Å². The van der Waals surface area contributed by atoms with E-state index in [0.717, 1.165) is 25.8 Å². The van der Waals surface area contributed by atoms with Gasteiger partial charge in [0.15, 0.2) is 4.60 Å². The zero-order valence-corrected chi connectivity index (χ0v) is 10.1. The summed E-state index contributed by atoms with van der Waals surface area (Å²) in [5.41, 5.74) is 0.550. The highest BCUT2D eigenvalue weighted by atomic mass is 79.9. The number of hydrogen-bond donors (Lipinski definition) is 1. The largest absolute Gasteiger partial charge is 0.307 e. The normalized spacial score (nSPS) is 21.6. The third kappa shape index (κ3) is 2.10. The highest BCUT2D eigenvalue weighted by Crippen LogP contribution is 2.17. The van der Waals surface area contributed by atoms with Crippen LogP contribution in [-0.4, -0.2) is 33.4 Å². The molecule has 1 atom stereocenters. The molecule has 82 valence electrons. The molecule has 5 nitrogen and oxygen atoms in total. The van der Waals surface area contributed by atoms with Crippen LogP contribution in [0.25, 0.3) is 0 Å². The number of nitrogens with one attached hydrogen (secondary N) is 1. The number of halogens is 1. The average molecular weight is 273 g/mol. The predicted octanol–water partition coefficient (Wildman–Crippen LogP) is 0.902. The molecule has 0 radical (unpaired) electrons. The van der Waals surface area contributed by atoms with Crippen molar-refractivity contribution in [3.8, 4) is 0 Å². The first-order valence-electron chi connectivity index (χ1n) is 5.03. The van der Waals surface area contributed by atoms with E-state index < -0.39 is 0 Å². The molecule has 6 heteroatoms. The van der Waals surface area contributed by atoms with Crippen molar-refractivity contribution in [2.45, 2.75) is 25.3 Å². The number of carbonyl (C=O) groups excluding carboxylic acids is 1. The summed E-state index contributed by atoms with van der Waals surface area (Å²) >= 11 is 3.24. The van der Waals surface area contributed by atoms with Gasteiger partial charge in [-0.3, -0.25) is 4.79 Å². The number of aryl methyl sites for hydroxylation is 1. The van der Waals surface area contributed by atoms with E-state index in [-0.39, 0.29) is 11.8 Å². The van der Waals surface area contributed by atoms with Gasteiger partial charge in [-0.05, 0) is 35.3 Å². The fourth-order valence-corrected chi connectivity index (χ4v) is 2.36. The van der Waals surface area contributed by atoms with Crippen LogP contribution >= 0.6 is 15.9 Å². The van der Waals surface area contributed by atoms with Gasteiger partial charge in [-0.1, -0.05) is 11.6 Å². The molecule has 1 unspecified atom stereocenters. The van der Waals surface area contributed by atoms with Crippen molar-refractivity contribution in [3.63, 3.8) is 0 Å². The van der Waals surface area contributed by atoms with Crippen LogP contribution in [0.3, 0.4) is 0 Å². The maximum absolute atomic E-state index is 12.1. The summed E-state index contributed by atoms with van der Waals surface area (Å²) in [5, 5.41) is 10.8. The molecular weight excluding hydrogens is 260 g/mol. The SMILES string of the molecule is Cn1nnc(Br)c1C(=O)C1CCCCN1. The highest BCUT2D eigenvalue weighted by molar-refractivity contribution is 9.10. The van der Waals surface area contributed by atoms with Gasteiger partial charge in [-0.2, -0.15) is 0 Å². The summed E-state index contributed by atoms with van der Waals surface area (Å²) in [7, 11) is 1.73. The molecule has 1 aliphatic rings. The molecule has 1 aromatic heterocycles.